The van der Waals surface area contributed by atoms with Crippen molar-refractivity contribution >= 4 is 27.6 Å². The lowest BCUT2D eigenvalue weighted by Crippen LogP contribution is -2.20. The molecule has 0 bridgehead atoms. The molecular weight excluding hydrogens is 342 g/mol. The Kier molecular flexibility index (Phi) is 5.78. The minimum atomic E-state index is -0.390. The fourth-order valence-electron chi connectivity index (χ4n) is 2.07. The number of esters is 1. The Morgan fingerprint density at radius 3 is 2.41 bits per heavy atom. The van der Waals surface area contributed by atoms with Gasteiger partial charge in [0.25, 0.3) is 0 Å². The number of anilines is 1. The minimum Gasteiger partial charge on any atom is -0.463 e. The van der Waals surface area contributed by atoms with Crippen molar-refractivity contribution in [2.45, 2.75) is 13.0 Å². The quantitative estimate of drug-likeness (QED) is 0.598. The lowest BCUT2D eigenvalue weighted by atomic mass is 9.99. The van der Waals surface area contributed by atoms with E-state index in [1.165, 1.54) is 0 Å². The molecule has 0 amide bonds. The molecule has 0 aliphatic heterocycles. The van der Waals surface area contributed by atoms with E-state index in [0.717, 1.165) is 15.7 Å². The van der Waals surface area contributed by atoms with Crippen LogP contribution in [0.1, 0.15) is 18.5 Å². The monoisotopic (exact) mass is 359 g/mol. The van der Waals surface area contributed by atoms with E-state index in [0.29, 0.717) is 12.2 Å². The summed E-state index contributed by atoms with van der Waals surface area (Å²) in [6, 6.07) is 17.2. The summed E-state index contributed by atoms with van der Waals surface area (Å²) >= 11 is 3.42. The maximum Gasteiger partial charge on any atom is 0.335 e. The average Bonchev–Trinajstić information content (AvgIpc) is 2.54. The maximum atomic E-state index is 12.0. The second kappa shape index (κ2) is 7.80. The second-order valence-electron chi connectivity index (χ2n) is 4.74. The van der Waals surface area contributed by atoms with Crippen LogP contribution in [0.3, 0.4) is 0 Å². The number of rotatable bonds is 6. The smallest absolute Gasteiger partial charge is 0.335 e. The Hall–Kier alpha value is -2.07. The number of halogens is 1. The number of ether oxygens (including phenoxy) is 1. The van der Waals surface area contributed by atoms with Crippen LogP contribution < -0.4 is 5.32 Å². The van der Waals surface area contributed by atoms with E-state index >= 15 is 0 Å². The van der Waals surface area contributed by atoms with Crippen molar-refractivity contribution in [3.63, 3.8) is 0 Å². The van der Waals surface area contributed by atoms with Crippen LogP contribution in [-0.2, 0) is 9.53 Å². The van der Waals surface area contributed by atoms with E-state index in [1.54, 1.807) is 6.92 Å². The number of benzene rings is 2. The van der Waals surface area contributed by atoms with Crippen molar-refractivity contribution in [2.75, 3.05) is 11.9 Å². The molecule has 0 fully saturated rings. The predicted octanol–water partition coefficient (Wildman–Crippen LogP) is 4.72. The Labute approximate surface area is 139 Å². The van der Waals surface area contributed by atoms with Crippen molar-refractivity contribution in [2.24, 2.45) is 0 Å². The number of hydrogen-bond acceptors (Lipinski definition) is 3. The lowest BCUT2D eigenvalue weighted by Gasteiger charge is -2.22. The van der Waals surface area contributed by atoms with Crippen LogP contribution in [0.15, 0.2) is 71.2 Å². The molecule has 0 heterocycles. The summed E-state index contributed by atoms with van der Waals surface area (Å²) in [5.41, 5.74) is 2.25. The van der Waals surface area contributed by atoms with Gasteiger partial charge in [-0.1, -0.05) is 52.8 Å². The normalized spacial score (nSPS) is 11.5. The van der Waals surface area contributed by atoms with E-state index in [4.69, 9.17) is 4.74 Å². The third-order valence-corrected chi connectivity index (χ3v) is 3.70. The molecule has 2 aromatic rings. The zero-order valence-corrected chi connectivity index (χ0v) is 14.0. The number of carbonyl (C=O) groups excluding carboxylic acids is 1. The van der Waals surface area contributed by atoms with Crippen LogP contribution in [0.25, 0.3) is 0 Å². The van der Waals surface area contributed by atoms with Crippen molar-refractivity contribution in [3.05, 3.63) is 76.8 Å². The average molecular weight is 360 g/mol. The molecule has 1 unspecified atom stereocenters. The fourth-order valence-corrected chi connectivity index (χ4v) is 2.33. The van der Waals surface area contributed by atoms with Crippen LogP contribution in [0.4, 0.5) is 5.69 Å². The number of nitrogens with one attached hydrogen (secondary N) is 1. The molecule has 1 N–H and O–H groups in total. The summed E-state index contributed by atoms with van der Waals surface area (Å²) in [4.78, 5) is 12.0. The van der Waals surface area contributed by atoms with Gasteiger partial charge in [0.05, 0.1) is 18.2 Å². The van der Waals surface area contributed by atoms with Crippen LogP contribution in [0.2, 0.25) is 0 Å². The molecule has 0 saturated heterocycles. The van der Waals surface area contributed by atoms with Gasteiger partial charge in [0, 0.05) is 10.2 Å². The maximum absolute atomic E-state index is 12.0. The first kappa shape index (κ1) is 16.3. The first-order chi connectivity index (χ1) is 10.6. The molecule has 4 heteroatoms. The Morgan fingerprint density at radius 1 is 1.18 bits per heavy atom. The van der Waals surface area contributed by atoms with Gasteiger partial charge in [0.2, 0.25) is 0 Å². The van der Waals surface area contributed by atoms with Gasteiger partial charge in [-0.25, -0.2) is 4.79 Å². The van der Waals surface area contributed by atoms with Gasteiger partial charge in [0.1, 0.15) is 0 Å². The third kappa shape index (κ3) is 4.21. The van der Waals surface area contributed by atoms with Crippen molar-refractivity contribution in [1.29, 1.82) is 0 Å². The summed E-state index contributed by atoms with van der Waals surface area (Å²) in [5.74, 6) is -0.390. The summed E-state index contributed by atoms with van der Waals surface area (Å²) in [7, 11) is 0. The standard InChI is InChI=1S/C18H18BrNO2/c1-3-22-18(21)13(2)17(14-9-11-15(19)12-10-14)20-16-7-5-4-6-8-16/h4-12,17,20H,2-3H2,1H3. The molecule has 0 aromatic heterocycles. The third-order valence-electron chi connectivity index (χ3n) is 3.17. The van der Waals surface area contributed by atoms with Crippen molar-refractivity contribution in [1.82, 2.24) is 0 Å². The van der Waals surface area contributed by atoms with Gasteiger partial charge in [-0.05, 0) is 36.8 Å². The van der Waals surface area contributed by atoms with E-state index < -0.39 is 0 Å². The van der Waals surface area contributed by atoms with Crippen LogP contribution in [-0.4, -0.2) is 12.6 Å². The summed E-state index contributed by atoms with van der Waals surface area (Å²) in [5, 5.41) is 3.34. The van der Waals surface area contributed by atoms with E-state index in [-0.39, 0.29) is 12.0 Å². The Balaban J connectivity index is 2.29. The van der Waals surface area contributed by atoms with E-state index in [2.05, 4.69) is 27.8 Å². The number of carbonyl (C=O) groups is 1. The largest absolute Gasteiger partial charge is 0.463 e. The lowest BCUT2D eigenvalue weighted by molar-refractivity contribution is -0.138. The van der Waals surface area contributed by atoms with Gasteiger partial charge in [-0.3, -0.25) is 0 Å². The summed E-state index contributed by atoms with van der Waals surface area (Å²) in [6.45, 7) is 6.03. The Morgan fingerprint density at radius 2 is 1.82 bits per heavy atom. The molecular formula is C18H18BrNO2. The van der Waals surface area contributed by atoms with Gasteiger partial charge in [-0.15, -0.1) is 0 Å². The van der Waals surface area contributed by atoms with Gasteiger partial charge in [0.15, 0.2) is 0 Å². The highest BCUT2D eigenvalue weighted by Gasteiger charge is 2.22. The van der Waals surface area contributed by atoms with Gasteiger partial charge in [-0.2, -0.15) is 0 Å². The summed E-state index contributed by atoms with van der Waals surface area (Å²) in [6.07, 6.45) is 0. The molecule has 114 valence electrons. The topological polar surface area (TPSA) is 38.3 Å². The van der Waals surface area contributed by atoms with Crippen LogP contribution in [0.5, 0.6) is 0 Å². The molecule has 0 spiro atoms. The summed E-state index contributed by atoms with van der Waals surface area (Å²) < 4.78 is 6.06. The van der Waals surface area contributed by atoms with Gasteiger partial charge >= 0.3 is 5.97 Å². The number of para-hydroxylation sites is 1. The van der Waals surface area contributed by atoms with Crippen molar-refractivity contribution in [3.8, 4) is 0 Å². The molecule has 0 saturated carbocycles. The zero-order chi connectivity index (χ0) is 15.9. The SMILES string of the molecule is C=C(C(=O)OCC)C(Nc1ccccc1)c1ccc(Br)cc1. The highest BCUT2D eigenvalue weighted by Crippen LogP contribution is 2.27. The van der Waals surface area contributed by atoms with Gasteiger partial charge < -0.3 is 10.1 Å². The molecule has 2 rings (SSSR count). The molecule has 22 heavy (non-hydrogen) atoms. The highest BCUT2D eigenvalue weighted by atomic mass is 79.9. The van der Waals surface area contributed by atoms with Crippen molar-refractivity contribution < 1.29 is 9.53 Å². The first-order valence-electron chi connectivity index (χ1n) is 7.04. The van der Waals surface area contributed by atoms with Crippen LogP contribution in [0, 0.1) is 0 Å². The molecule has 0 radical (unpaired) electrons. The van der Waals surface area contributed by atoms with Crippen LogP contribution >= 0.6 is 15.9 Å². The fraction of sp³-hybridized carbons (Fsp3) is 0.167. The molecule has 2 aromatic carbocycles. The molecule has 0 aliphatic carbocycles. The Bertz CT molecular complexity index is 638. The molecule has 0 aliphatic rings. The zero-order valence-electron chi connectivity index (χ0n) is 12.4. The highest BCUT2D eigenvalue weighted by molar-refractivity contribution is 9.10. The predicted molar refractivity (Wildman–Crippen MR) is 92.7 cm³/mol. The number of hydrogen-bond donors (Lipinski definition) is 1. The molecule has 1 atom stereocenters. The molecule has 3 nitrogen and oxygen atoms in total. The minimum absolute atomic E-state index is 0.330. The van der Waals surface area contributed by atoms with E-state index in [9.17, 15) is 4.79 Å². The first-order valence-corrected chi connectivity index (χ1v) is 7.84. The second-order valence-corrected chi connectivity index (χ2v) is 5.66. The van der Waals surface area contributed by atoms with E-state index in [1.807, 2.05) is 54.6 Å².